The summed E-state index contributed by atoms with van der Waals surface area (Å²) < 4.78 is 27.2. The molecule has 4 N–H and O–H groups in total. The SMILES string of the molecule is CC(C)Nc1ccc(CNCCN2Cc3ccc(F)cc3CC2Cc2ccc(F)cc2)cc1.O=C(O)/C=C/C(=O)O. The topological polar surface area (TPSA) is 102 Å². The van der Waals surface area contributed by atoms with Crippen molar-refractivity contribution in [3.63, 3.8) is 0 Å². The minimum Gasteiger partial charge on any atom is -0.478 e. The largest absolute Gasteiger partial charge is 0.478 e. The van der Waals surface area contributed by atoms with Crippen molar-refractivity contribution in [3.05, 3.63) is 113 Å². The normalized spacial score (nSPS) is 14.8. The van der Waals surface area contributed by atoms with E-state index in [4.69, 9.17) is 10.2 Å². The van der Waals surface area contributed by atoms with Crippen LogP contribution in [-0.4, -0.2) is 52.2 Å². The molecular weight excluding hydrogens is 528 g/mol. The Bertz CT molecular complexity index is 1300. The molecule has 1 aliphatic rings. The highest BCUT2D eigenvalue weighted by Crippen LogP contribution is 2.26. The van der Waals surface area contributed by atoms with Gasteiger partial charge in [0.05, 0.1) is 0 Å². The first-order valence-electron chi connectivity index (χ1n) is 13.5. The summed E-state index contributed by atoms with van der Waals surface area (Å²) in [6.45, 7) is 7.65. The minimum atomic E-state index is -1.26. The second-order valence-electron chi connectivity index (χ2n) is 10.3. The number of carbonyl (C=O) groups is 2. The van der Waals surface area contributed by atoms with Gasteiger partial charge >= 0.3 is 11.9 Å². The predicted octanol–water partition coefficient (Wildman–Crippen LogP) is 5.26. The van der Waals surface area contributed by atoms with Crippen LogP contribution in [0.1, 0.15) is 36.1 Å². The highest BCUT2D eigenvalue weighted by Gasteiger charge is 2.26. The van der Waals surface area contributed by atoms with Gasteiger partial charge < -0.3 is 20.8 Å². The maximum Gasteiger partial charge on any atom is 0.328 e. The van der Waals surface area contributed by atoms with Gasteiger partial charge in [0.2, 0.25) is 0 Å². The second kappa shape index (κ2) is 15.6. The summed E-state index contributed by atoms with van der Waals surface area (Å²) in [6, 6.07) is 21.1. The molecule has 0 spiro atoms. The standard InChI is InChI=1S/C28H33F2N3.C4H4O4/c1-20(2)32-27-11-5-22(6-12-27)18-31-13-14-33-19-23-7-10-26(30)16-24(23)17-28(33)15-21-3-8-25(29)9-4-21;5-3(6)1-2-4(7)8/h3-12,16,20,28,31-32H,13-15,17-19H2,1-2H3;1-2H,(H,5,6)(H,7,8)/b;2-1+. The van der Waals surface area contributed by atoms with Crippen molar-refractivity contribution >= 4 is 17.6 Å². The molecule has 1 aliphatic heterocycles. The third kappa shape index (κ3) is 11.1. The maximum atomic E-state index is 13.8. The molecule has 3 aromatic rings. The van der Waals surface area contributed by atoms with Gasteiger partial charge in [-0.2, -0.15) is 0 Å². The van der Waals surface area contributed by atoms with E-state index in [0.717, 1.165) is 55.8 Å². The smallest absolute Gasteiger partial charge is 0.328 e. The van der Waals surface area contributed by atoms with Crippen LogP contribution in [0.2, 0.25) is 0 Å². The number of anilines is 1. The Labute approximate surface area is 239 Å². The van der Waals surface area contributed by atoms with Gasteiger partial charge in [-0.05, 0) is 85.3 Å². The number of carboxylic acid groups (broad SMARTS) is 2. The number of benzene rings is 3. The van der Waals surface area contributed by atoms with Gasteiger partial charge in [0.25, 0.3) is 0 Å². The number of fused-ring (bicyclic) bond motifs is 1. The molecule has 0 saturated heterocycles. The minimum absolute atomic E-state index is 0.181. The summed E-state index contributed by atoms with van der Waals surface area (Å²) in [5.74, 6) is -2.91. The van der Waals surface area contributed by atoms with Crippen LogP contribution in [0.4, 0.5) is 14.5 Å². The lowest BCUT2D eigenvalue weighted by molar-refractivity contribution is -0.134. The zero-order chi connectivity index (χ0) is 29.8. The molecular formula is C32H37F2N3O4. The zero-order valence-corrected chi connectivity index (χ0v) is 23.3. The predicted molar refractivity (Wildman–Crippen MR) is 156 cm³/mol. The van der Waals surface area contributed by atoms with Gasteiger partial charge in [-0.25, -0.2) is 18.4 Å². The molecule has 1 atom stereocenters. The molecule has 0 fully saturated rings. The lowest BCUT2D eigenvalue weighted by Crippen LogP contribution is -2.44. The van der Waals surface area contributed by atoms with Crippen LogP contribution < -0.4 is 10.6 Å². The van der Waals surface area contributed by atoms with Gasteiger partial charge in [0, 0.05) is 56.1 Å². The Hall–Kier alpha value is -4.08. The fraction of sp³-hybridized carbons (Fsp3) is 0.312. The van der Waals surface area contributed by atoms with Crippen molar-refractivity contribution < 1.29 is 28.6 Å². The van der Waals surface area contributed by atoms with E-state index in [0.29, 0.717) is 18.2 Å². The van der Waals surface area contributed by atoms with E-state index in [1.54, 1.807) is 12.1 Å². The molecule has 4 rings (SSSR count). The van der Waals surface area contributed by atoms with Crippen LogP contribution in [0.25, 0.3) is 0 Å². The molecule has 0 bridgehead atoms. The first-order chi connectivity index (χ1) is 19.6. The van der Waals surface area contributed by atoms with E-state index >= 15 is 0 Å². The van der Waals surface area contributed by atoms with Crippen LogP contribution in [0.3, 0.4) is 0 Å². The number of halogens is 2. The van der Waals surface area contributed by atoms with Crippen molar-refractivity contribution in [2.75, 3.05) is 18.4 Å². The summed E-state index contributed by atoms with van der Waals surface area (Å²) in [6.07, 6.45) is 2.74. The Balaban J connectivity index is 0.000000507. The molecule has 0 radical (unpaired) electrons. The molecule has 9 heteroatoms. The molecule has 3 aromatic carbocycles. The fourth-order valence-electron chi connectivity index (χ4n) is 4.68. The van der Waals surface area contributed by atoms with Crippen LogP contribution >= 0.6 is 0 Å². The van der Waals surface area contributed by atoms with Crippen molar-refractivity contribution in [1.29, 1.82) is 0 Å². The van der Waals surface area contributed by atoms with Crippen molar-refractivity contribution in [2.24, 2.45) is 0 Å². The molecule has 0 saturated carbocycles. The van der Waals surface area contributed by atoms with Gasteiger partial charge in [0.15, 0.2) is 0 Å². The summed E-state index contributed by atoms with van der Waals surface area (Å²) in [5, 5.41) is 22.6. The number of hydrogen-bond donors (Lipinski definition) is 4. The van der Waals surface area contributed by atoms with E-state index in [2.05, 4.69) is 53.6 Å². The molecule has 0 aromatic heterocycles. The van der Waals surface area contributed by atoms with E-state index in [9.17, 15) is 18.4 Å². The second-order valence-corrected chi connectivity index (χ2v) is 10.3. The van der Waals surface area contributed by atoms with Crippen molar-refractivity contribution in [3.8, 4) is 0 Å². The van der Waals surface area contributed by atoms with Crippen molar-refractivity contribution in [2.45, 2.75) is 51.9 Å². The number of aliphatic carboxylic acids is 2. The Morgan fingerprint density at radius 2 is 1.51 bits per heavy atom. The molecule has 0 aliphatic carbocycles. The average molecular weight is 566 g/mol. The summed E-state index contributed by atoms with van der Waals surface area (Å²) in [5.41, 5.74) is 5.78. The van der Waals surface area contributed by atoms with Crippen LogP contribution in [0, 0.1) is 11.6 Å². The average Bonchev–Trinajstić information content (AvgIpc) is 2.92. The molecule has 41 heavy (non-hydrogen) atoms. The highest BCUT2D eigenvalue weighted by molar-refractivity contribution is 5.89. The van der Waals surface area contributed by atoms with E-state index in [-0.39, 0.29) is 17.7 Å². The van der Waals surface area contributed by atoms with Gasteiger partial charge in [0.1, 0.15) is 11.6 Å². The summed E-state index contributed by atoms with van der Waals surface area (Å²) >= 11 is 0. The maximum absolute atomic E-state index is 13.8. The summed E-state index contributed by atoms with van der Waals surface area (Å²) in [4.78, 5) is 21.6. The number of rotatable bonds is 11. The van der Waals surface area contributed by atoms with Crippen LogP contribution in [-0.2, 0) is 35.5 Å². The van der Waals surface area contributed by atoms with E-state index in [1.165, 1.54) is 23.3 Å². The lowest BCUT2D eigenvalue weighted by Gasteiger charge is -2.37. The number of hydrogen-bond acceptors (Lipinski definition) is 5. The first-order valence-corrected chi connectivity index (χ1v) is 13.5. The van der Waals surface area contributed by atoms with Crippen LogP contribution in [0.15, 0.2) is 78.9 Å². The quantitative estimate of drug-likeness (QED) is 0.186. The highest BCUT2D eigenvalue weighted by atomic mass is 19.1. The molecule has 7 nitrogen and oxygen atoms in total. The Morgan fingerprint density at radius 1 is 0.902 bits per heavy atom. The van der Waals surface area contributed by atoms with Gasteiger partial charge in [-0.3, -0.25) is 4.90 Å². The Morgan fingerprint density at radius 3 is 2.12 bits per heavy atom. The zero-order valence-electron chi connectivity index (χ0n) is 23.3. The monoisotopic (exact) mass is 565 g/mol. The van der Waals surface area contributed by atoms with Crippen molar-refractivity contribution in [1.82, 2.24) is 10.2 Å². The third-order valence-corrected chi connectivity index (χ3v) is 6.58. The Kier molecular flexibility index (Phi) is 12.0. The number of nitrogens with zero attached hydrogens (tertiary/aromatic N) is 1. The van der Waals surface area contributed by atoms with Gasteiger partial charge in [-0.1, -0.05) is 30.3 Å². The van der Waals surface area contributed by atoms with E-state index < -0.39 is 11.9 Å². The first kappa shape index (κ1) is 31.4. The third-order valence-electron chi connectivity index (χ3n) is 6.58. The van der Waals surface area contributed by atoms with E-state index in [1.807, 2.05) is 18.2 Å². The number of nitrogens with one attached hydrogen (secondary N) is 2. The molecule has 1 heterocycles. The fourth-order valence-corrected chi connectivity index (χ4v) is 4.68. The van der Waals surface area contributed by atoms with Crippen LogP contribution in [0.5, 0.6) is 0 Å². The molecule has 0 amide bonds. The molecule has 1 unspecified atom stereocenters. The van der Waals surface area contributed by atoms with Gasteiger partial charge in [-0.15, -0.1) is 0 Å². The lowest BCUT2D eigenvalue weighted by atomic mass is 9.90. The number of carboxylic acids is 2. The summed E-state index contributed by atoms with van der Waals surface area (Å²) in [7, 11) is 0. The molecule has 218 valence electrons.